The molecule has 1 fully saturated rings. The van der Waals surface area contributed by atoms with E-state index in [0.29, 0.717) is 26.2 Å². The van der Waals surface area contributed by atoms with Gasteiger partial charge in [0, 0.05) is 32.1 Å². The monoisotopic (exact) mass is 313 g/mol. The minimum Gasteiger partial charge on any atom is -0.444 e. The van der Waals surface area contributed by atoms with Gasteiger partial charge in [-0.2, -0.15) is 0 Å². The molecular formula is C16H31N3O3. The van der Waals surface area contributed by atoms with Crippen LogP contribution in [0.1, 0.15) is 47.5 Å². The second kappa shape index (κ2) is 7.81. The predicted octanol–water partition coefficient (Wildman–Crippen LogP) is 1.83. The molecule has 0 radical (unpaired) electrons. The van der Waals surface area contributed by atoms with Crippen LogP contribution in [0.15, 0.2) is 0 Å². The molecule has 0 aromatic carbocycles. The van der Waals surface area contributed by atoms with Crippen molar-refractivity contribution in [3.8, 4) is 0 Å². The molecule has 1 aliphatic heterocycles. The number of piperazine rings is 1. The van der Waals surface area contributed by atoms with Crippen LogP contribution in [0.25, 0.3) is 0 Å². The number of hydrogen-bond donors (Lipinski definition) is 1. The Morgan fingerprint density at radius 3 is 2.45 bits per heavy atom. The molecule has 1 saturated heterocycles. The SMILES string of the molecule is CCCC(C)C(=O)N1CCN(C(=O)OC(C)(C)C)CC1CN. The quantitative estimate of drug-likeness (QED) is 0.859. The number of ether oxygens (including phenoxy) is 1. The van der Waals surface area contributed by atoms with Crippen LogP contribution in [-0.2, 0) is 9.53 Å². The molecule has 1 aliphatic rings. The van der Waals surface area contributed by atoms with Gasteiger partial charge in [-0.25, -0.2) is 4.79 Å². The molecule has 6 heteroatoms. The Morgan fingerprint density at radius 2 is 1.95 bits per heavy atom. The van der Waals surface area contributed by atoms with Gasteiger partial charge in [0.15, 0.2) is 0 Å². The van der Waals surface area contributed by atoms with Crippen molar-refractivity contribution in [1.29, 1.82) is 0 Å². The average Bonchev–Trinajstić information content (AvgIpc) is 2.44. The Balaban J connectivity index is 2.67. The van der Waals surface area contributed by atoms with E-state index >= 15 is 0 Å². The number of nitrogens with zero attached hydrogens (tertiary/aromatic N) is 2. The van der Waals surface area contributed by atoms with Crippen molar-refractivity contribution < 1.29 is 14.3 Å². The summed E-state index contributed by atoms with van der Waals surface area (Å²) in [5.74, 6) is 0.147. The molecule has 0 aromatic heterocycles. The summed E-state index contributed by atoms with van der Waals surface area (Å²) in [5.41, 5.74) is 5.31. The second-order valence-electron chi connectivity index (χ2n) is 7.04. The van der Waals surface area contributed by atoms with E-state index in [1.165, 1.54) is 0 Å². The van der Waals surface area contributed by atoms with Gasteiger partial charge in [0.2, 0.25) is 5.91 Å². The lowest BCUT2D eigenvalue weighted by Gasteiger charge is -2.42. The van der Waals surface area contributed by atoms with Crippen LogP contribution in [0.3, 0.4) is 0 Å². The third-order valence-corrected chi connectivity index (χ3v) is 3.83. The summed E-state index contributed by atoms with van der Waals surface area (Å²) in [5, 5.41) is 0. The third-order valence-electron chi connectivity index (χ3n) is 3.83. The third kappa shape index (κ3) is 5.16. The molecule has 0 aliphatic carbocycles. The number of hydrogen-bond acceptors (Lipinski definition) is 4. The molecule has 0 bridgehead atoms. The predicted molar refractivity (Wildman–Crippen MR) is 86.4 cm³/mol. The van der Waals surface area contributed by atoms with Gasteiger partial charge in [-0.1, -0.05) is 20.3 Å². The number of carbonyl (C=O) groups is 2. The van der Waals surface area contributed by atoms with E-state index < -0.39 is 5.60 Å². The summed E-state index contributed by atoms with van der Waals surface area (Å²) >= 11 is 0. The lowest BCUT2D eigenvalue weighted by atomic mass is 10.0. The molecule has 2 atom stereocenters. The maximum atomic E-state index is 12.5. The average molecular weight is 313 g/mol. The Kier molecular flexibility index (Phi) is 6.66. The normalized spacial score (nSPS) is 20.7. The van der Waals surface area contributed by atoms with Crippen LogP contribution in [0, 0.1) is 5.92 Å². The van der Waals surface area contributed by atoms with Gasteiger partial charge in [0.05, 0.1) is 6.04 Å². The summed E-state index contributed by atoms with van der Waals surface area (Å²) < 4.78 is 5.39. The van der Waals surface area contributed by atoms with Gasteiger partial charge in [-0.15, -0.1) is 0 Å². The molecule has 0 aromatic rings. The van der Waals surface area contributed by atoms with Crippen LogP contribution in [0.5, 0.6) is 0 Å². The number of rotatable bonds is 4. The highest BCUT2D eigenvalue weighted by atomic mass is 16.6. The molecule has 6 nitrogen and oxygen atoms in total. The summed E-state index contributed by atoms with van der Waals surface area (Å²) in [4.78, 5) is 28.1. The molecule has 22 heavy (non-hydrogen) atoms. The molecule has 2 unspecified atom stereocenters. The van der Waals surface area contributed by atoms with Crippen molar-refractivity contribution in [2.75, 3.05) is 26.2 Å². The highest BCUT2D eigenvalue weighted by molar-refractivity contribution is 5.79. The van der Waals surface area contributed by atoms with E-state index in [1.54, 1.807) is 4.90 Å². The van der Waals surface area contributed by atoms with Crippen LogP contribution >= 0.6 is 0 Å². The minimum absolute atomic E-state index is 0.00660. The maximum absolute atomic E-state index is 12.5. The molecule has 0 spiro atoms. The summed E-state index contributed by atoms with van der Waals surface area (Å²) in [6.45, 7) is 11.4. The van der Waals surface area contributed by atoms with E-state index in [9.17, 15) is 9.59 Å². The van der Waals surface area contributed by atoms with Gasteiger partial charge in [0.1, 0.15) is 5.60 Å². The fraction of sp³-hybridized carbons (Fsp3) is 0.875. The first-order valence-electron chi connectivity index (χ1n) is 8.18. The standard InChI is InChI=1S/C16H31N3O3/c1-6-7-12(2)14(20)19-9-8-18(11-13(19)10-17)15(21)22-16(3,4)5/h12-13H,6-11,17H2,1-5H3. The lowest BCUT2D eigenvalue weighted by Crippen LogP contribution is -2.60. The zero-order valence-corrected chi connectivity index (χ0v) is 14.6. The first-order chi connectivity index (χ1) is 10.2. The van der Waals surface area contributed by atoms with Crippen LogP contribution in [-0.4, -0.2) is 59.6 Å². The Morgan fingerprint density at radius 1 is 1.32 bits per heavy atom. The van der Waals surface area contributed by atoms with Gasteiger partial charge in [0.25, 0.3) is 0 Å². The fourth-order valence-corrected chi connectivity index (χ4v) is 2.68. The first kappa shape index (κ1) is 18.7. The smallest absolute Gasteiger partial charge is 0.410 e. The Bertz CT molecular complexity index is 393. The number of amides is 2. The minimum atomic E-state index is -0.516. The van der Waals surface area contributed by atoms with Crippen molar-refractivity contribution in [1.82, 2.24) is 9.80 Å². The molecule has 0 saturated carbocycles. The Hall–Kier alpha value is -1.30. The zero-order chi connectivity index (χ0) is 16.9. The van der Waals surface area contributed by atoms with Crippen molar-refractivity contribution >= 4 is 12.0 Å². The largest absolute Gasteiger partial charge is 0.444 e. The van der Waals surface area contributed by atoms with E-state index in [0.717, 1.165) is 12.8 Å². The zero-order valence-electron chi connectivity index (χ0n) is 14.6. The van der Waals surface area contributed by atoms with E-state index in [-0.39, 0.29) is 24.0 Å². The first-order valence-corrected chi connectivity index (χ1v) is 8.18. The number of carbonyl (C=O) groups excluding carboxylic acids is 2. The molecule has 1 rings (SSSR count). The van der Waals surface area contributed by atoms with Crippen molar-refractivity contribution in [3.05, 3.63) is 0 Å². The van der Waals surface area contributed by atoms with Crippen LogP contribution in [0.4, 0.5) is 4.79 Å². The van der Waals surface area contributed by atoms with Gasteiger partial charge in [-0.3, -0.25) is 4.79 Å². The van der Waals surface area contributed by atoms with Gasteiger partial charge in [-0.05, 0) is 27.2 Å². The highest BCUT2D eigenvalue weighted by Gasteiger charge is 2.34. The molecular weight excluding hydrogens is 282 g/mol. The summed E-state index contributed by atoms with van der Waals surface area (Å²) in [6, 6.07) is -0.131. The number of nitrogens with two attached hydrogens (primary N) is 1. The Labute approximate surface area is 134 Å². The summed E-state index contributed by atoms with van der Waals surface area (Å²) in [7, 11) is 0. The van der Waals surface area contributed by atoms with Crippen molar-refractivity contribution in [3.63, 3.8) is 0 Å². The molecule has 1 heterocycles. The van der Waals surface area contributed by atoms with Crippen LogP contribution < -0.4 is 5.73 Å². The van der Waals surface area contributed by atoms with E-state index in [4.69, 9.17) is 10.5 Å². The van der Waals surface area contributed by atoms with Crippen molar-refractivity contribution in [2.45, 2.75) is 59.1 Å². The summed E-state index contributed by atoms with van der Waals surface area (Å²) in [6.07, 6.45) is 1.53. The van der Waals surface area contributed by atoms with Crippen LogP contribution in [0.2, 0.25) is 0 Å². The topological polar surface area (TPSA) is 75.9 Å². The molecule has 2 amide bonds. The molecule has 128 valence electrons. The lowest BCUT2D eigenvalue weighted by molar-refractivity contribution is -0.140. The molecule has 2 N–H and O–H groups in total. The van der Waals surface area contributed by atoms with Crippen molar-refractivity contribution in [2.24, 2.45) is 11.7 Å². The van der Waals surface area contributed by atoms with E-state index in [1.807, 2.05) is 32.6 Å². The van der Waals surface area contributed by atoms with Gasteiger partial charge < -0.3 is 20.3 Å². The van der Waals surface area contributed by atoms with E-state index in [2.05, 4.69) is 6.92 Å². The maximum Gasteiger partial charge on any atom is 0.410 e. The fourth-order valence-electron chi connectivity index (χ4n) is 2.68. The second-order valence-corrected chi connectivity index (χ2v) is 7.04. The van der Waals surface area contributed by atoms with Gasteiger partial charge >= 0.3 is 6.09 Å². The highest BCUT2D eigenvalue weighted by Crippen LogP contribution is 2.18.